The van der Waals surface area contributed by atoms with Gasteiger partial charge < -0.3 is 9.52 Å². The maximum Gasteiger partial charge on any atom is 0.290 e. The van der Waals surface area contributed by atoms with Crippen LogP contribution in [0.3, 0.4) is 0 Å². The Morgan fingerprint density at radius 1 is 0.875 bits per heavy atom. The number of hydrogen-bond donors (Lipinski definition) is 1. The molecule has 0 aliphatic rings. The Balaban J connectivity index is 0.000000292. The molecule has 1 heterocycles. The lowest BCUT2D eigenvalue weighted by Crippen LogP contribution is -1.62. The fourth-order valence-electron chi connectivity index (χ4n) is 1.67. The quantitative estimate of drug-likeness (QED) is 0.584. The molecule has 2 aromatic carbocycles. The van der Waals surface area contributed by atoms with Crippen LogP contribution in [0.2, 0.25) is 0 Å². The van der Waals surface area contributed by atoms with Gasteiger partial charge in [0, 0.05) is 10.8 Å². The Morgan fingerprint density at radius 2 is 1.25 bits per heavy atom. The molecular weight excluding hydrogens is 204 g/mol. The second-order valence-electron chi connectivity index (χ2n) is 3.20. The Morgan fingerprint density at radius 3 is 1.69 bits per heavy atom. The molecule has 0 bridgehead atoms. The largest absolute Gasteiger partial charge is 0.483 e. The van der Waals surface area contributed by atoms with E-state index in [1.165, 1.54) is 10.8 Å². The summed E-state index contributed by atoms with van der Waals surface area (Å²) in [5, 5.41) is 9.27. The molecule has 1 N–H and O–H groups in total. The number of rotatable bonds is 0. The third-order valence-electron chi connectivity index (χ3n) is 2.28. The summed E-state index contributed by atoms with van der Waals surface area (Å²) in [5.41, 5.74) is 1.92. The fraction of sp³-hybridized carbons (Fsp3) is 0. The summed E-state index contributed by atoms with van der Waals surface area (Å²) >= 11 is 0. The Bertz CT molecular complexity index is 560. The average molecular weight is 214 g/mol. The summed E-state index contributed by atoms with van der Waals surface area (Å²) in [6, 6.07) is 16.2. The minimum atomic E-state index is -0.250. The highest BCUT2D eigenvalue weighted by Gasteiger charge is 2.03. The van der Waals surface area contributed by atoms with Gasteiger partial charge in [0.1, 0.15) is 11.2 Å². The number of fused-ring (bicyclic) bond motifs is 3. The van der Waals surface area contributed by atoms with Crippen LogP contribution >= 0.6 is 0 Å². The Hall–Kier alpha value is -2.29. The van der Waals surface area contributed by atoms with E-state index in [1.54, 1.807) is 0 Å². The smallest absolute Gasteiger partial charge is 0.290 e. The molecule has 3 nitrogen and oxygen atoms in total. The normalized spacial score (nSPS) is 9.75. The van der Waals surface area contributed by atoms with Gasteiger partial charge in [0.25, 0.3) is 6.47 Å². The van der Waals surface area contributed by atoms with E-state index in [9.17, 15) is 0 Å². The summed E-state index contributed by atoms with van der Waals surface area (Å²) in [4.78, 5) is 8.36. The minimum Gasteiger partial charge on any atom is -0.483 e. The molecule has 0 aliphatic heterocycles. The molecule has 3 aromatic rings. The second kappa shape index (κ2) is 4.49. The zero-order chi connectivity index (χ0) is 11.4. The molecule has 0 aliphatic carbocycles. The molecule has 3 rings (SSSR count). The zero-order valence-corrected chi connectivity index (χ0v) is 8.46. The summed E-state index contributed by atoms with van der Waals surface area (Å²) in [6.07, 6.45) is 0. The first-order valence-electron chi connectivity index (χ1n) is 4.81. The summed E-state index contributed by atoms with van der Waals surface area (Å²) in [6.45, 7) is -0.250. The van der Waals surface area contributed by atoms with Crippen molar-refractivity contribution in [2.24, 2.45) is 0 Å². The van der Waals surface area contributed by atoms with Gasteiger partial charge >= 0.3 is 0 Å². The monoisotopic (exact) mass is 214 g/mol. The Kier molecular flexibility index (Phi) is 2.87. The molecule has 1 aromatic heterocycles. The van der Waals surface area contributed by atoms with Crippen molar-refractivity contribution in [1.82, 2.24) is 0 Å². The SMILES string of the molecule is O=CO.c1ccc2c(c1)oc1ccccc12. The van der Waals surface area contributed by atoms with Crippen molar-refractivity contribution in [2.45, 2.75) is 0 Å². The van der Waals surface area contributed by atoms with Gasteiger partial charge in [-0.05, 0) is 12.1 Å². The molecular formula is C13H10O3. The second-order valence-corrected chi connectivity index (χ2v) is 3.20. The molecule has 0 amide bonds. The average Bonchev–Trinajstić information content (AvgIpc) is 2.68. The molecule has 0 unspecified atom stereocenters. The van der Waals surface area contributed by atoms with Crippen LogP contribution in [0.1, 0.15) is 0 Å². The predicted octanol–water partition coefficient (Wildman–Crippen LogP) is 3.29. The van der Waals surface area contributed by atoms with E-state index in [-0.39, 0.29) is 6.47 Å². The minimum absolute atomic E-state index is 0.250. The van der Waals surface area contributed by atoms with E-state index >= 15 is 0 Å². The van der Waals surface area contributed by atoms with Crippen LogP contribution in [0, 0.1) is 0 Å². The molecule has 0 fully saturated rings. The molecule has 16 heavy (non-hydrogen) atoms. The van der Waals surface area contributed by atoms with Crippen LogP contribution < -0.4 is 0 Å². The highest BCUT2D eigenvalue weighted by Crippen LogP contribution is 2.27. The lowest BCUT2D eigenvalue weighted by atomic mass is 10.2. The standard InChI is InChI=1S/C12H8O.CH2O2/c1-3-7-11-9(5-1)10-6-2-4-8-12(10)13-11;2-1-3/h1-8H;1H,(H,2,3). The van der Waals surface area contributed by atoms with Gasteiger partial charge in [0.15, 0.2) is 0 Å². The number of furan rings is 1. The molecule has 80 valence electrons. The fourth-order valence-corrected chi connectivity index (χ4v) is 1.67. The van der Waals surface area contributed by atoms with Crippen molar-refractivity contribution in [2.75, 3.05) is 0 Å². The van der Waals surface area contributed by atoms with E-state index in [1.807, 2.05) is 36.4 Å². The number of para-hydroxylation sites is 2. The summed E-state index contributed by atoms with van der Waals surface area (Å²) in [7, 11) is 0. The Labute approximate surface area is 91.9 Å². The van der Waals surface area contributed by atoms with Crippen LogP contribution in [0.5, 0.6) is 0 Å². The maximum atomic E-state index is 8.36. The summed E-state index contributed by atoms with van der Waals surface area (Å²) in [5.74, 6) is 0. The molecule has 0 radical (unpaired) electrons. The van der Waals surface area contributed by atoms with Crippen molar-refractivity contribution in [1.29, 1.82) is 0 Å². The first-order valence-corrected chi connectivity index (χ1v) is 4.81. The van der Waals surface area contributed by atoms with Crippen molar-refractivity contribution in [3.63, 3.8) is 0 Å². The van der Waals surface area contributed by atoms with Gasteiger partial charge in [-0.2, -0.15) is 0 Å². The first-order chi connectivity index (χ1) is 7.86. The van der Waals surface area contributed by atoms with Crippen molar-refractivity contribution in [3.8, 4) is 0 Å². The van der Waals surface area contributed by atoms with Gasteiger partial charge in [0.2, 0.25) is 0 Å². The van der Waals surface area contributed by atoms with Crippen molar-refractivity contribution >= 4 is 28.4 Å². The third kappa shape index (κ3) is 1.75. The van der Waals surface area contributed by atoms with E-state index < -0.39 is 0 Å². The van der Waals surface area contributed by atoms with Crippen LogP contribution in [-0.2, 0) is 4.79 Å². The number of carbonyl (C=O) groups is 1. The van der Waals surface area contributed by atoms with Gasteiger partial charge in [-0.1, -0.05) is 36.4 Å². The van der Waals surface area contributed by atoms with Crippen LogP contribution in [0.25, 0.3) is 21.9 Å². The third-order valence-corrected chi connectivity index (χ3v) is 2.28. The lowest BCUT2D eigenvalue weighted by Gasteiger charge is -1.85. The number of hydrogen-bond acceptors (Lipinski definition) is 2. The first kappa shape index (κ1) is 10.2. The van der Waals surface area contributed by atoms with Gasteiger partial charge in [0.05, 0.1) is 0 Å². The number of carboxylic acid groups (broad SMARTS) is 1. The molecule has 3 heteroatoms. The van der Waals surface area contributed by atoms with Crippen LogP contribution in [0.15, 0.2) is 52.9 Å². The number of benzene rings is 2. The molecule has 0 saturated carbocycles. The van der Waals surface area contributed by atoms with Crippen LogP contribution in [0.4, 0.5) is 0 Å². The lowest BCUT2D eigenvalue weighted by molar-refractivity contribution is -0.122. The van der Waals surface area contributed by atoms with E-state index in [4.69, 9.17) is 14.3 Å². The maximum absolute atomic E-state index is 8.36. The van der Waals surface area contributed by atoms with Gasteiger partial charge in [-0.3, -0.25) is 4.79 Å². The van der Waals surface area contributed by atoms with Crippen molar-refractivity contribution in [3.05, 3.63) is 48.5 Å². The van der Waals surface area contributed by atoms with Gasteiger partial charge in [-0.25, -0.2) is 0 Å². The van der Waals surface area contributed by atoms with E-state index in [0.717, 1.165) is 11.2 Å². The molecule has 0 atom stereocenters. The predicted molar refractivity (Wildman–Crippen MR) is 62.4 cm³/mol. The topological polar surface area (TPSA) is 50.4 Å². The van der Waals surface area contributed by atoms with Crippen molar-refractivity contribution < 1.29 is 14.3 Å². The van der Waals surface area contributed by atoms with E-state index in [0.29, 0.717) is 0 Å². The van der Waals surface area contributed by atoms with E-state index in [2.05, 4.69) is 12.1 Å². The van der Waals surface area contributed by atoms with Crippen LogP contribution in [-0.4, -0.2) is 11.6 Å². The highest BCUT2D eigenvalue weighted by molar-refractivity contribution is 6.04. The zero-order valence-electron chi connectivity index (χ0n) is 8.46. The highest BCUT2D eigenvalue weighted by atomic mass is 16.3. The molecule has 0 spiro atoms. The van der Waals surface area contributed by atoms with Gasteiger partial charge in [-0.15, -0.1) is 0 Å². The summed E-state index contributed by atoms with van der Waals surface area (Å²) < 4.78 is 5.65. The molecule has 0 saturated heterocycles.